The number of carbonyl (C=O) groups excluding carboxylic acids is 2. The predicted molar refractivity (Wildman–Crippen MR) is 141 cm³/mol. The number of thiazole rings is 1. The molecule has 0 aliphatic heterocycles. The first-order chi connectivity index (χ1) is 18.5. The Kier molecular flexibility index (Phi) is 8.42. The molecule has 4 aromatic rings. The quantitative estimate of drug-likeness (QED) is 0.278. The van der Waals surface area contributed by atoms with Gasteiger partial charge in [0.05, 0.1) is 39.9 Å². The van der Waals surface area contributed by atoms with Crippen LogP contribution in [-0.4, -0.2) is 48.4 Å². The van der Waals surface area contributed by atoms with E-state index in [1.54, 1.807) is 35.4 Å². The maximum atomic E-state index is 13.8. The van der Waals surface area contributed by atoms with Crippen LogP contribution < -0.4 is 19.7 Å². The van der Waals surface area contributed by atoms with E-state index in [9.17, 15) is 26.8 Å². The van der Waals surface area contributed by atoms with Gasteiger partial charge in [0.25, 0.3) is 0 Å². The number of carbonyl (C=O) groups is 2. The molecule has 15 heteroatoms. The molecule has 3 amide bonds. The molecule has 0 unspecified atom stereocenters. The number of benzene rings is 2. The molecular weight excluding hydrogens is 552 g/mol. The van der Waals surface area contributed by atoms with E-state index < -0.39 is 39.8 Å². The lowest BCUT2D eigenvalue weighted by molar-refractivity contribution is -0.120. The van der Waals surface area contributed by atoms with Gasteiger partial charge >= 0.3 is 16.2 Å². The van der Waals surface area contributed by atoms with Crippen molar-refractivity contribution in [2.24, 2.45) is 0 Å². The van der Waals surface area contributed by atoms with Crippen LogP contribution in [0.3, 0.4) is 0 Å². The summed E-state index contributed by atoms with van der Waals surface area (Å²) < 4.78 is 57.3. The zero-order valence-corrected chi connectivity index (χ0v) is 22.3. The van der Waals surface area contributed by atoms with Crippen molar-refractivity contribution < 1.29 is 26.8 Å². The molecule has 0 spiro atoms. The van der Waals surface area contributed by atoms with Crippen molar-refractivity contribution in [1.29, 1.82) is 0 Å². The Labute approximate surface area is 226 Å². The fraction of sp³-hybridized carbons (Fsp3) is 0.208. The summed E-state index contributed by atoms with van der Waals surface area (Å²) in [6, 6.07) is 5.23. The highest BCUT2D eigenvalue weighted by molar-refractivity contribution is 7.88. The normalized spacial score (nSPS) is 12.2. The smallest absolute Gasteiger partial charge is 0.325 e. The highest BCUT2D eigenvalue weighted by Crippen LogP contribution is 2.24. The number of nitrogens with one attached hydrogen (secondary N) is 3. The molecule has 2 aromatic carbocycles. The zero-order valence-electron chi connectivity index (χ0n) is 20.7. The Hall–Kier alpha value is -4.08. The van der Waals surface area contributed by atoms with E-state index in [0.717, 1.165) is 16.8 Å². The lowest BCUT2D eigenvalue weighted by Gasteiger charge is -2.25. The van der Waals surface area contributed by atoms with Crippen LogP contribution in [0.2, 0.25) is 0 Å². The second-order valence-electron chi connectivity index (χ2n) is 8.49. The van der Waals surface area contributed by atoms with Crippen LogP contribution in [0.25, 0.3) is 10.2 Å². The predicted octanol–water partition coefficient (Wildman–Crippen LogP) is 2.58. The molecule has 3 N–H and O–H groups in total. The summed E-state index contributed by atoms with van der Waals surface area (Å²) in [5, 5.41) is 2.30. The first-order valence-electron chi connectivity index (χ1n) is 11.4. The molecule has 11 nitrogen and oxygen atoms in total. The van der Waals surface area contributed by atoms with Crippen molar-refractivity contribution in [1.82, 2.24) is 29.7 Å². The highest BCUT2D eigenvalue weighted by Gasteiger charge is 2.27. The lowest BCUT2D eigenvalue weighted by atomic mass is 10.0. The monoisotopic (exact) mass is 575 g/mol. The average molecular weight is 576 g/mol. The number of halogens is 2. The number of fused-ring (bicyclic) bond motifs is 1. The largest absolute Gasteiger partial charge is 0.330 e. The number of nitrogens with zero attached hydrogens (tertiary/aromatic N) is 4. The van der Waals surface area contributed by atoms with E-state index in [1.807, 2.05) is 0 Å². The fourth-order valence-electron chi connectivity index (χ4n) is 3.61. The third-order valence-electron chi connectivity index (χ3n) is 5.50. The van der Waals surface area contributed by atoms with Gasteiger partial charge in [-0.15, -0.1) is 11.3 Å². The van der Waals surface area contributed by atoms with Gasteiger partial charge in [-0.25, -0.2) is 23.3 Å². The molecule has 0 aliphatic rings. The Morgan fingerprint density at radius 1 is 1.05 bits per heavy atom. The summed E-state index contributed by atoms with van der Waals surface area (Å²) in [6.07, 6.45) is 2.51. The van der Waals surface area contributed by atoms with E-state index in [-0.39, 0.29) is 18.5 Å². The summed E-state index contributed by atoms with van der Waals surface area (Å²) in [5.41, 5.74) is 3.79. The van der Waals surface area contributed by atoms with Crippen LogP contribution in [0, 0.1) is 18.6 Å². The van der Waals surface area contributed by atoms with E-state index in [1.165, 1.54) is 35.7 Å². The molecule has 204 valence electrons. The van der Waals surface area contributed by atoms with Crippen LogP contribution in [-0.2, 0) is 28.0 Å². The van der Waals surface area contributed by atoms with Crippen LogP contribution in [0.5, 0.6) is 0 Å². The van der Waals surface area contributed by atoms with Gasteiger partial charge < -0.3 is 10.2 Å². The van der Waals surface area contributed by atoms with Gasteiger partial charge in [0, 0.05) is 31.4 Å². The molecule has 0 fully saturated rings. The number of likely N-dealkylation sites (N-methyl/N-ethyl adjacent to an activating group) is 1. The minimum Gasteiger partial charge on any atom is -0.325 e. The summed E-state index contributed by atoms with van der Waals surface area (Å²) in [4.78, 5) is 39.6. The third-order valence-corrected chi connectivity index (χ3v) is 7.29. The molecule has 2 aromatic heterocycles. The van der Waals surface area contributed by atoms with Gasteiger partial charge in [0.2, 0.25) is 5.91 Å². The van der Waals surface area contributed by atoms with Crippen molar-refractivity contribution in [2.75, 3.05) is 11.9 Å². The Morgan fingerprint density at radius 2 is 1.79 bits per heavy atom. The number of urea groups is 1. The molecule has 1 atom stereocenters. The lowest BCUT2D eigenvalue weighted by Crippen LogP contribution is -2.54. The van der Waals surface area contributed by atoms with Gasteiger partial charge in [-0.2, -0.15) is 13.1 Å². The molecular formula is C24H23F2N7O4S2. The Morgan fingerprint density at radius 3 is 2.49 bits per heavy atom. The van der Waals surface area contributed by atoms with E-state index >= 15 is 0 Å². The average Bonchev–Trinajstić information content (AvgIpc) is 3.34. The maximum absolute atomic E-state index is 13.8. The van der Waals surface area contributed by atoms with Gasteiger partial charge in [-0.1, -0.05) is 0 Å². The molecule has 0 bridgehead atoms. The summed E-state index contributed by atoms with van der Waals surface area (Å²) in [5.74, 6) is -2.40. The molecule has 0 saturated heterocycles. The standard InChI is InChI=1S/C24H23F2N7O4S2/c1-14-10-28-18(11-27-14)12-30-39(36,37)32-24(35)31-21(7-15-5-16(25)8-17(26)6-15)23(34)33(2)19-3-4-22-20(9-19)29-13-38-22/h3-6,8-11,13,21,30H,7,12H2,1-2H3,(H2,31,32,35)/t21-/m0/s1. The number of hydrogen-bond donors (Lipinski definition) is 3. The number of rotatable bonds is 9. The van der Waals surface area contributed by atoms with Crippen molar-refractivity contribution >= 4 is 49.4 Å². The van der Waals surface area contributed by atoms with Crippen molar-refractivity contribution in [3.63, 3.8) is 0 Å². The van der Waals surface area contributed by atoms with Crippen LogP contribution >= 0.6 is 11.3 Å². The molecule has 0 saturated carbocycles. The van der Waals surface area contributed by atoms with Crippen molar-refractivity contribution in [3.8, 4) is 0 Å². The third kappa shape index (κ3) is 7.49. The Bertz CT molecular complexity index is 1590. The van der Waals surface area contributed by atoms with Gasteiger partial charge in [0.15, 0.2) is 0 Å². The maximum Gasteiger partial charge on any atom is 0.330 e. The van der Waals surface area contributed by atoms with Gasteiger partial charge in [0.1, 0.15) is 17.7 Å². The summed E-state index contributed by atoms with van der Waals surface area (Å²) in [7, 11) is -2.92. The molecule has 0 aliphatic carbocycles. The van der Waals surface area contributed by atoms with E-state index in [0.29, 0.717) is 28.7 Å². The van der Waals surface area contributed by atoms with Gasteiger partial charge in [-0.3, -0.25) is 14.8 Å². The topological polar surface area (TPSA) is 146 Å². The number of aromatic nitrogens is 3. The minimum atomic E-state index is -4.37. The first-order valence-corrected chi connectivity index (χ1v) is 13.8. The minimum absolute atomic E-state index is 0.0773. The summed E-state index contributed by atoms with van der Waals surface area (Å²) >= 11 is 1.42. The fourth-order valence-corrected chi connectivity index (χ4v) is 4.98. The first kappa shape index (κ1) is 27.9. The van der Waals surface area contributed by atoms with Crippen molar-refractivity contribution in [2.45, 2.75) is 25.9 Å². The summed E-state index contributed by atoms with van der Waals surface area (Å²) in [6.45, 7) is 1.47. The van der Waals surface area contributed by atoms with Crippen LogP contribution in [0.1, 0.15) is 17.0 Å². The number of amides is 3. The van der Waals surface area contributed by atoms with E-state index in [2.05, 4.69) is 25.0 Å². The number of aryl methyl sites for hydroxylation is 1. The Balaban J connectivity index is 1.50. The second-order valence-corrected chi connectivity index (χ2v) is 10.9. The second kappa shape index (κ2) is 11.8. The van der Waals surface area contributed by atoms with Crippen LogP contribution in [0.15, 0.2) is 54.3 Å². The number of hydrogen-bond acceptors (Lipinski definition) is 8. The zero-order chi connectivity index (χ0) is 28.2. The number of anilines is 1. The van der Waals surface area contributed by atoms with Crippen LogP contribution in [0.4, 0.5) is 19.3 Å². The highest BCUT2D eigenvalue weighted by atomic mass is 32.2. The van der Waals surface area contributed by atoms with E-state index in [4.69, 9.17) is 0 Å². The molecule has 39 heavy (non-hydrogen) atoms. The SMILES string of the molecule is Cc1cnc(CNS(=O)(=O)NC(=O)N[C@@H](Cc2cc(F)cc(F)c2)C(=O)N(C)c2ccc3scnc3c2)cn1. The van der Waals surface area contributed by atoms with Gasteiger partial charge in [-0.05, 0) is 42.8 Å². The van der Waals surface area contributed by atoms with Crippen molar-refractivity contribution in [3.05, 3.63) is 82.9 Å². The molecule has 4 rings (SSSR count). The molecule has 0 radical (unpaired) electrons. The molecule has 2 heterocycles.